The molecule has 0 radical (unpaired) electrons. The second-order valence-electron chi connectivity index (χ2n) is 6.13. The summed E-state index contributed by atoms with van der Waals surface area (Å²) in [4.78, 5) is 11.0. The molecule has 1 saturated heterocycles. The fraction of sp³-hybridized carbons (Fsp3) is 0.412. The van der Waals surface area contributed by atoms with Crippen molar-refractivity contribution < 1.29 is 0 Å². The van der Waals surface area contributed by atoms with Crippen LogP contribution in [0.1, 0.15) is 17.5 Å². The lowest BCUT2D eigenvalue weighted by Crippen LogP contribution is -2.30. The highest BCUT2D eigenvalue weighted by molar-refractivity contribution is 5.87. The first-order chi connectivity index (χ1) is 11.0. The van der Waals surface area contributed by atoms with Gasteiger partial charge in [0.15, 0.2) is 0 Å². The van der Waals surface area contributed by atoms with Crippen molar-refractivity contribution in [3.05, 3.63) is 29.3 Å². The van der Waals surface area contributed by atoms with Gasteiger partial charge in [0.2, 0.25) is 5.95 Å². The number of nitrogen functional groups attached to an aromatic ring is 2. The van der Waals surface area contributed by atoms with Crippen LogP contribution in [0.4, 0.5) is 17.6 Å². The molecule has 6 heteroatoms. The van der Waals surface area contributed by atoms with Crippen LogP contribution in [0.15, 0.2) is 18.2 Å². The molecule has 122 valence electrons. The summed E-state index contributed by atoms with van der Waals surface area (Å²) in [6.45, 7) is 6.02. The molecule has 2 heterocycles. The predicted octanol–water partition coefficient (Wildman–Crippen LogP) is 1.72. The predicted molar refractivity (Wildman–Crippen MR) is 95.4 cm³/mol. The van der Waals surface area contributed by atoms with E-state index >= 15 is 0 Å². The van der Waals surface area contributed by atoms with Crippen LogP contribution in [0.5, 0.6) is 0 Å². The number of nitrogens with one attached hydrogen (secondary N) is 1. The van der Waals surface area contributed by atoms with Crippen LogP contribution in [0.25, 0.3) is 11.1 Å². The first-order valence-corrected chi connectivity index (χ1v) is 7.93. The standard InChI is InChI=1S/C17H24N6/c1-10-5-4-6-13(11(10)2)14-15(18)21-17(19)22-16(14)23-8-7-12(9-23)20-3/h4-6,12,20H,7-9H2,1-3H3,(H4,18,19,21,22)/t12-/m1/s1. The number of rotatable bonds is 3. The van der Waals surface area contributed by atoms with Gasteiger partial charge in [-0.3, -0.25) is 0 Å². The maximum atomic E-state index is 6.23. The quantitative estimate of drug-likeness (QED) is 0.799. The van der Waals surface area contributed by atoms with E-state index in [-0.39, 0.29) is 5.95 Å². The summed E-state index contributed by atoms with van der Waals surface area (Å²) in [6, 6.07) is 6.67. The Morgan fingerprint density at radius 1 is 1.22 bits per heavy atom. The average Bonchev–Trinajstić information content (AvgIpc) is 2.99. The van der Waals surface area contributed by atoms with Crippen molar-refractivity contribution in [1.29, 1.82) is 0 Å². The van der Waals surface area contributed by atoms with Gasteiger partial charge in [-0.15, -0.1) is 0 Å². The van der Waals surface area contributed by atoms with Crippen LogP contribution in [-0.2, 0) is 0 Å². The van der Waals surface area contributed by atoms with Gasteiger partial charge in [-0.1, -0.05) is 18.2 Å². The van der Waals surface area contributed by atoms with Crippen molar-refractivity contribution >= 4 is 17.6 Å². The first-order valence-electron chi connectivity index (χ1n) is 7.93. The molecule has 23 heavy (non-hydrogen) atoms. The molecule has 1 aromatic heterocycles. The maximum Gasteiger partial charge on any atom is 0.223 e. The lowest BCUT2D eigenvalue weighted by atomic mass is 9.97. The summed E-state index contributed by atoms with van der Waals surface area (Å²) in [7, 11) is 1.99. The fourth-order valence-corrected chi connectivity index (χ4v) is 3.18. The lowest BCUT2D eigenvalue weighted by molar-refractivity contribution is 0.616. The average molecular weight is 312 g/mol. The van der Waals surface area contributed by atoms with Gasteiger partial charge in [-0.05, 0) is 44.0 Å². The highest BCUT2D eigenvalue weighted by Gasteiger charge is 2.27. The molecule has 1 aliphatic rings. The molecule has 5 N–H and O–H groups in total. The van der Waals surface area contributed by atoms with Gasteiger partial charge in [0, 0.05) is 19.1 Å². The van der Waals surface area contributed by atoms with Gasteiger partial charge in [-0.2, -0.15) is 9.97 Å². The summed E-state index contributed by atoms with van der Waals surface area (Å²) in [5.74, 6) is 1.50. The zero-order valence-corrected chi connectivity index (χ0v) is 13.9. The number of benzene rings is 1. The third-order valence-electron chi connectivity index (χ3n) is 4.71. The number of nitrogens with zero attached hydrogens (tertiary/aromatic N) is 3. The van der Waals surface area contributed by atoms with E-state index in [1.54, 1.807) is 0 Å². The third-order valence-corrected chi connectivity index (χ3v) is 4.71. The number of hydrogen-bond acceptors (Lipinski definition) is 6. The Labute approximate surface area is 136 Å². The van der Waals surface area contributed by atoms with Crippen LogP contribution in [-0.4, -0.2) is 36.1 Å². The van der Waals surface area contributed by atoms with E-state index in [2.05, 4.69) is 46.2 Å². The van der Waals surface area contributed by atoms with E-state index in [9.17, 15) is 0 Å². The summed E-state index contributed by atoms with van der Waals surface area (Å²) in [6.07, 6.45) is 1.08. The highest BCUT2D eigenvalue weighted by atomic mass is 15.3. The molecular formula is C17H24N6. The molecule has 2 aromatic rings. The minimum atomic E-state index is 0.222. The summed E-state index contributed by atoms with van der Waals surface area (Å²) in [5.41, 5.74) is 16.5. The van der Waals surface area contributed by atoms with Crippen LogP contribution in [0.2, 0.25) is 0 Å². The van der Waals surface area contributed by atoms with Crippen LogP contribution in [0, 0.1) is 13.8 Å². The third kappa shape index (κ3) is 2.82. The van der Waals surface area contributed by atoms with E-state index in [1.807, 2.05) is 13.1 Å². The van der Waals surface area contributed by atoms with Crippen molar-refractivity contribution in [2.24, 2.45) is 0 Å². The monoisotopic (exact) mass is 312 g/mol. The Balaban J connectivity index is 2.15. The van der Waals surface area contributed by atoms with Crippen molar-refractivity contribution in [1.82, 2.24) is 15.3 Å². The SMILES string of the molecule is CN[C@@H]1CCN(c2nc(N)nc(N)c2-c2cccc(C)c2C)C1. The second kappa shape index (κ2) is 6.04. The summed E-state index contributed by atoms with van der Waals surface area (Å²) in [5, 5.41) is 3.33. The molecule has 1 atom stereocenters. The molecule has 0 amide bonds. The molecule has 0 aliphatic carbocycles. The molecule has 0 bridgehead atoms. The van der Waals surface area contributed by atoms with E-state index in [4.69, 9.17) is 11.5 Å². The highest BCUT2D eigenvalue weighted by Crippen LogP contribution is 2.37. The largest absolute Gasteiger partial charge is 0.383 e. The Hall–Kier alpha value is -2.34. The van der Waals surface area contributed by atoms with Gasteiger partial charge >= 0.3 is 0 Å². The van der Waals surface area contributed by atoms with Crippen molar-refractivity contribution in [2.45, 2.75) is 26.3 Å². The molecule has 6 nitrogen and oxygen atoms in total. The normalized spacial score (nSPS) is 17.7. The topological polar surface area (TPSA) is 93.1 Å². The maximum absolute atomic E-state index is 6.23. The van der Waals surface area contributed by atoms with E-state index < -0.39 is 0 Å². The van der Waals surface area contributed by atoms with E-state index in [1.165, 1.54) is 11.1 Å². The molecule has 0 spiro atoms. The molecule has 1 aromatic carbocycles. The fourth-order valence-electron chi connectivity index (χ4n) is 3.18. The minimum Gasteiger partial charge on any atom is -0.383 e. The van der Waals surface area contributed by atoms with Crippen molar-refractivity contribution in [2.75, 3.05) is 36.5 Å². The molecule has 1 fully saturated rings. The van der Waals surface area contributed by atoms with E-state index in [0.29, 0.717) is 11.9 Å². The number of aryl methyl sites for hydroxylation is 1. The van der Waals surface area contributed by atoms with Gasteiger partial charge in [0.25, 0.3) is 0 Å². The van der Waals surface area contributed by atoms with Gasteiger partial charge in [-0.25, -0.2) is 0 Å². The molecule has 0 saturated carbocycles. The molecule has 1 aliphatic heterocycles. The van der Waals surface area contributed by atoms with Crippen LogP contribution < -0.4 is 21.7 Å². The van der Waals surface area contributed by atoms with Gasteiger partial charge in [0.1, 0.15) is 11.6 Å². The number of hydrogen-bond donors (Lipinski definition) is 3. The number of anilines is 3. The second-order valence-corrected chi connectivity index (χ2v) is 6.13. The van der Waals surface area contributed by atoms with E-state index in [0.717, 1.165) is 36.5 Å². The zero-order chi connectivity index (χ0) is 16.6. The smallest absolute Gasteiger partial charge is 0.223 e. The lowest BCUT2D eigenvalue weighted by Gasteiger charge is -2.23. The Bertz CT molecular complexity index is 727. The van der Waals surface area contributed by atoms with Crippen LogP contribution in [0.3, 0.4) is 0 Å². The van der Waals surface area contributed by atoms with Gasteiger partial charge in [0.05, 0.1) is 5.56 Å². The number of nitrogens with two attached hydrogens (primary N) is 2. The minimum absolute atomic E-state index is 0.222. The Kier molecular flexibility index (Phi) is 4.09. The first kappa shape index (κ1) is 15.6. The summed E-state index contributed by atoms with van der Waals surface area (Å²) < 4.78 is 0. The van der Waals surface area contributed by atoms with Crippen LogP contribution >= 0.6 is 0 Å². The van der Waals surface area contributed by atoms with Gasteiger partial charge < -0.3 is 21.7 Å². The van der Waals surface area contributed by atoms with Crippen molar-refractivity contribution in [3.8, 4) is 11.1 Å². The molecule has 0 unspecified atom stereocenters. The Morgan fingerprint density at radius 3 is 2.70 bits per heavy atom. The molecule has 3 rings (SSSR count). The Morgan fingerprint density at radius 2 is 2.00 bits per heavy atom. The summed E-state index contributed by atoms with van der Waals surface area (Å²) >= 11 is 0. The van der Waals surface area contributed by atoms with Crippen molar-refractivity contribution in [3.63, 3.8) is 0 Å². The zero-order valence-electron chi connectivity index (χ0n) is 13.9. The molecular weight excluding hydrogens is 288 g/mol. The number of likely N-dealkylation sites (N-methyl/N-ethyl adjacent to an activating group) is 1. The number of aromatic nitrogens is 2.